The Morgan fingerprint density at radius 2 is 1.82 bits per heavy atom. The third kappa shape index (κ3) is 5.28. The van der Waals surface area contributed by atoms with Gasteiger partial charge >= 0.3 is 0 Å². The van der Waals surface area contributed by atoms with E-state index < -0.39 is 10.0 Å². The van der Waals surface area contributed by atoms with Gasteiger partial charge < -0.3 is 4.90 Å². The van der Waals surface area contributed by atoms with Crippen LogP contribution in [-0.2, 0) is 27.9 Å². The zero-order valence-corrected chi connectivity index (χ0v) is 20.1. The summed E-state index contributed by atoms with van der Waals surface area (Å²) in [5, 5.41) is 4.27. The number of carbonyl (C=O) groups excluding carboxylic acids is 1. The number of hydrogen-bond donors (Lipinski definition) is 0. The van der Waals surface area contributed by atoms with Crippen LogP contribution in [0, 0.1) is 18.7 Å². The van der Waals surface area contributed by atoms with Crippen LogP contribution < -0.4 is 0 Å². The average Bonchev–Trinajstić information content (AvgIpc) is 3.22. The molecule has 8 nitrogen and oxygen atoms in total. The Morgan fingerprint density at radius 1 is 1.12 bits per heavy atom. The number of nitrogens with zero attached hydrogens (tertiary/aromatic N) is 5. The van der Waals surface area contributed by atoms with Gasteiger partial charge in [0.25, 0.3) is 0 Å². The molecule has 2 aliphatic heterocycles. The molecule has 0 saturated carbocycles. The number of sulfonamides is 1. The lowest BCUT2D eigenvalue weighted by Crippen LogP contribution is -2.52. The first-order chi connectivity index (χ1) is 15.8. The molecule has 1 atom stereocenters. The number of rotatable bonds is 6. The summed E-state index contributed by atoms with van der Waals surface area (Å²) in [7, 11) is -3.68. The Hall–Kier alpha value is -2.30. The maximum atomic E-state index is 13.2. The van der Waals surface area contributed by atoms with Crippen molar-refractivity contribution < 1.29 is 17.6 Å². The third-order valence-electron chi connectivity index (χ3n) is 6.58. The van der Waals surface area contributed by atoms with Gasteiger partial charge in [0.15, 0.2) is 0 Å². The zero-order chi connectivity index (χ0) is 23.6. The van der Waals surface area contributed by atoms with Crippen molar-refractivity contribution in [1.82, 2.24) is 23.9 Å². The molecule has 0 spiro atoms. The Labute approximate surface area is 195 Å². The van der Waals surface area contributed by atoms with Gasteiger partial charge in [-0.1, -0.05) is 12.1 Å². The van der Waals surface area contributed by atoms with Gasteiger partial charge in [-0.2, -0.15) is 9.40 Å². The Balaban J connectivity index is 1.35. The standard InChI is InChI=1S/C23H32FN5O3S/c1-3-28-17-22(18(2)25-28)33(31,32)29-10-4-5-20(16-29)23(30)27-13-11-26(12-14-27)15-19-6-8-21(24)9-7-19/h6-9,17,20H,3-5,10-16H2,1-2H3/t20-/m0/s1. The number of aryl methyl sites for hydroxylation is 2. The number of piperidine rings is 1. The number of halogens is 1. The molecular weight excluding hydrogens is 445 g/mol. The lowest BCUT2D eigenvalue weighted by atomic mass is 9.97. The van der Waals surface area contributed by atoms with Crippen LogP contribution in [0.4, 0.5) is 4.39 Å². The third-order valence-corrected chi connectivity index (χ3v) is 8.55. The van der Waals surface area contributed by atoms with Crippen molar-refractivity contribution >= 4 is 15.9 Å². The molecule has 33 heavy (non-hydrogen) atoms. The van der Waals surface area contributed by atoms with Crippen molar-refractivity contribution in [3.8, 4) is 0 Å². The summed E-state index contributed by atoms with van der Waals surface area (Å²) in [6.45, 7) is 8.31. The van der Waals surface area contributed by atoms with E-state index in [4.69, 9.17) is 0 Å². The van der Waals surface area contributed by atoms with E-state index in [2.05, 4.69) is 10.00 Å². The first-order valence-corrected chi connectivity index (χ1v) is 13.0. The van der Waals surface area contributed by atoms with Gasteiger partial charge in [-0.05, 0) is 44.4 Å². The second-order valence-electron chi connectivity index (χ2n) is 8.86. The second kappa shape index (κ2) is 9.90. The second-order valence-corrected chi connectivity index (χ2v) is 10.8. The summed E-state index contributed by atoms with van der Waals surface area (Å²) >= 11 is 0. The van der Waals surface area contributed by atoms with Crippen molar-refractivity contribution in [2.24, 2.45) is 5.92 Å². The highest BCUT2D eigenvalue weighted by molar-refractivity contribution is 7.89. The molecule has 2 aromatic rings. The average molecular weight is 478 g/mol. The molecule has 1 aromatic carbocycles. The minimum atomic E-state index is -3.68. The van der Waals surface area contributed by atoms with E-state index >= 15 is 0 Å². The lowest BCUT2D eigenvalue weighted by Gasteiger charge is -2.38. The maximum absolute atomic E-state index is 13.2. The quantitative estimate of drug-likeness (QED) is 0.637. The number of amides is 1. The van der Waals surface area contributed by atoms with Gasteiger partial charge in [0.1, 0.15) is 10.7 Å². The number of carbonyl (C=O) groups is 1. The van der Waals surface area contributed by atoms with E-state index in [9.17, 15) is 17.6 Å². The molecule has 3 heterocycles. The highest BCUT2D eigenvalue weighted by Crippen LogP contribution is 2.27. The van der Waals surface area contributed by atoms with Gasteiger partial charge in [-0.15, -0.1) is 0 Å². The first kappa shape index (κ1) is 23.8. The predicted molar refractivity (Wildman–Crippen MR) is 122 cm³/mol. The lowest BCUT2D eigenvalue weighted by molar-refractivity contribution is -0.138. The summed E-state index contributed by atoms with van der Waals surface area (Å²) < 4.78 is 42.7. The smallest absolute Gasteiger partial charge is 0.246 e. The number of piperazine rings is 1. The van der Waals surface area contributed by atoms with Crippen LogP contribution in [0.5, 0.6) is 0 Å². The minimum Gasteiger partial charge on any atom is -0.340 e. The van der Waals surface area contributed by atoms with Crippen molar-refractivity contribution in [2.75, 3.05) is 39.3 Å². The summed E-state index contributed by atoms with van der Waals surface area (Å²) in [5.41, 5.74) is 1.54. The van der Waals surface area contributed by atoms with Crippen LogP contribution in [0.1, 0.15) is 31.0 Å². The van der Waals surface area contributed by atoms with Crippen LogP contribution in [0.25, 0.3) is 0 Å². The van der Waals surface area contributed by atoms with Crippen LogP contribution in [-0.4, -0.2) is 77.5 Å². The van der Waals surface area contributed by atoms with E-state index in [0.717, 1.165) is 25.2 Å². The number of benzene rings is 1. The predicted octanol–water partition coefficient (Wildman–Crippen LogP) is 2.10. The van der Waals surface area contributed by atoms with Gasteiger partial charge in [-0.25, -0.2) is 12.8 Å². The SMILES string of the molecule is CCn1cc(S(=O)(=O)N2CCC[C@H](C(=O)N3CCN(Cc4ccc(F)cc4)CC3)C2)c(C)n1. The molecule has 0 aliphatic carbocycles. The maximum Gasteiger partial charge on any atom is 0.246 e. The Morgan fingerprint density at radius 3 is 2.45 bits per heavy atom. The van der Waals surface area contributed by atoms with Crippen LogP contribution in [0.15, 0.2) is 35.4 Å². The molecule has 0 N–H and O–H groups in total. The molecule has 0 unspecified atom stereocenters. The van der Waals surface area contributed by atoms with E-state index in [1.54, 1.807) is 29.9 Å². The molecule has 0 bridgehead atoms. The fourth-order valence-electron chi connectivity index (χ4n) is 4.65. The van der Waals surface area contributed by atoms with E-state index in [0.29, 0.717) is 44.7 Å². The molecule has 180 valence electrons. The Kier molecular flexibility index (Phi) is 7.16. The molecule has 4 rings (SSSR count). The normalized spacial score (nSPS) is 20.8. The highest BCUT2D eigenvalue weighted by atomic mass is 32.2. The van der Waals surface area contributed by atoms with Gasteiger partial charge in [0.05, 0.1) is 11.6 Å². The summed E-state index contributed by atoms with van der Waals surface area (Å²) in [6.07, 6.45) is 2.95. The summed E-state index contributed by atoms with van der Waals surface area (Å²) in [5.74, 6) is -0.525. The zero-order valence-electron chi connectivity index (χ0n) is 19.3. The van der Waals surface area contributed by atoms with E-state index in [1.807, 2.05) is 11.8 Å². The van der Waals surface area contributed by atoms with Crippen LogP contribution in [0.3, 0.4) is 0 Å². The monoisotopic (exact) mass is 477 g/mol. The molecule has 0 radical (unpaired) electrons. The van der Waals surface area contributed by atoms with E-state index in [-0.39, 0.29) is 29.1 Å². The Bertz CT molecular complexity index is 1080. The van der Waals surface area contributed by atoms with Gasteiger partial charge in [0.2, 0.25) is 15.9 Å². The molecule has 10 heteroatoms. The molecule has 2 saturated heterocycles. The topological polar surface area (TPSA) is 78.8 Å². The van der Waals surface area contributed by atoms with E-state index in [1.165, 1.54) is 16.4 Å². The van der Waals surface area contributed by atoms with Crippen LogP contribution in [0.2, 0.25) is 0 Å². The first-order valence-electron chi connectivity index (χ1n) is 11.6. The molecule has 1 amide bonds. The largest absolute Gasteiger partial charge is 0.340 e. The van der Waals surface area contributed by atoms with Gasteiger partial charge in [0, 0.05) is 58.6 Å². The van der Waals surface area contributed by atoms with Crippen molar-refractivity contribution in [3.63, 3.8) is 0 Å². The van der Waals surface area contributed by atoms with Gasteiger partial charge in [-0.3, -0.25) is 14.4 Å². The van der Waals surface area contributed by atoms with Crippen LogP contribution >= 0.6 is 0 Å². The molecule has 2 aliphatic rings. The molecular formula is C23H32FN5O3S. The highest BCUT2D eigenvalue weighted by Gasteiger charge is 2.37. The fraction of sp³-hybridized carbons (Fsp3) is 0.565. The summed E-state index contributed by atoms with van der Waals surface area (Å²) in [6, 6.07) is 6.51. The van der Waals surface area contributed by atoms with Crippen molar-refractivity contribution in [3.05, 3.63) is 47.5 Å². The molecule has 1 aromatic heterocycles. The number of aromatic nitrogens is 2. The van der Waals surface area contributed by atoms with Crippen molar-refractivity contribution in [1.29, 1.82) is 0 Å². The minimum absolute atomic E-state index is 0.0392. The number of hydrogen-bond acceptors (Lipinski definition) is 5. The fourth-order valence-corrected chi connectivity index (χ4v) is 6.34. The summed E-state index contributed by atoms with van der Waals surface area (Å²) in [4.78, 5) is 17.6. The van der Waals surface area contributed by atoms with Crippen molar-refractivity contribution in [2.45, 2.75) is 44.7 Å². The molecule has 2 fully saturated rings.